The molecule has 468 valence electrons. The standard InChI is InChI=1S/C60H116O17P2/c1-6-9-12-15-18-21-23-26-29-35-40-45-59(64)76-55(49-71-58(63)44-39-34-28-25-22-19-16-13-10-7-2)51-74-78(66,67)72-47-54(61)48-73-79(68,69)75-52-56(77-60(65)46-41-36-31-30-32-37-42-53(4)5)50-70-57(62)43-38-33-27-24-20-17-14-11-8-3/h53-56,61H,6-52H2,1-5H3,(H,66,67)(H,68,69)/t54-,55-,56-/m1/s1. The van der Waals surface area contributed by atoms with Gasteiger partial charge < -0.3 is 33.8 Å². The van der Waals surface area contributed by atoms with E-state index in [1.54, 1.807) is 0 Å². The lowest BCUT2D eigenvalue weighted by molar-refractivity contribution is -0.161. The highest BCUT2D eigenvalue weighted by Crippen LogP contribution is 2.45. The van der Waals surface area contributed by atoms with E-state index in [9.17, 15) is 43.2 Å². The van der Waals surface area contributed by atoms with Crippen molar-refractivity contribution in [2.75, 3.05) is 39.6 Å². The number of esters is 4. The largest absolute Gasteiger partial charge is 0.472 e. The summed E-state index contributed by atoms with van der Waals surface area (Å²) >= 11 is 0. The van der Waals surface area contributed by atoms with Crippen molar-refractivity contribution in [1.82, 2.24) is 0 Å². The fourth-order valence-electron chi connectivity index (χ4n) is 8.88. The average Bonchev–Trinajstić information content (AvgIpc) is 3.41. The van der Waals surface area contributed by atoms with Crippen LogP contribution in [0.4, 0.5) is 0 Å². The lowest BCUT2D eigenvalue weighted by Crippen LogP contribution is -2.30. The maximum atomic E-state index is 12.9. The number of aliphatic hydroxyl groups excluding tert-OH is 1. The number of hydrogen-bond acceptors (Lipinski definition) is 15. The van der Waals surface area contributed by atoms with Gasteiger partial charge in [-0.2, -0.15) is 0 Å². The van der Waals surface area contributed by atoms with Crippen molar-refractivity contribution in [3.8, 4) is 0 Å². The molecular weight excluding hydrogens is 1050 g/mol. The summed E-state index contributed by atoms with van der Waals surface area (Å²) < 4.78 is 67.7. The van der Waals surface area contributed by atoms with Crippen molar-refractivity contribution in [2.45, 2.75) is 316 Å². The Morgan fingerprint density at radius 1 is 0.342 bits per heavy atom. The third kappa shape index (κ3) is 55.0. The second-order valence-electron chi connectivity index (χ2n) is 22.2. The molecule has 0 aliphatic heterocycles. The molecule has 0 rings (SSSR count). The molecule has 0 spiro atoms. The van der Waals surface area contributed by atoms with Gasteiger partial charge in [-0.25, -0.2) is 9.13 Å². The van der Waals surface area contributed by atoms with Crippen molar-refractivity contribution in [2.24, 2.45) is 5.92 Å². The molecule has 79 heavy (non-hydrogen) atoms. The van der Waals surface area contributed by atoms with Crippen LogP contribution in [0.5, 0.6) is 0 Å². The van der Waals surface area contributed by atoms with Crippen molar-refractivity contribution in [1.29, 1.82) is 0 Å². The second-order valence-corrected chi connectivity index (χ2v) is 25.1. The van der Waals surface area contributed by atoms with E-state index in [0.717, 1.165) is 89.9 Å². The SMILES string of the molecule is CCCCCCCCCCCCCC(=O)O[C@H](COC(=O)CCCCCCCCCCCC)COP(=O)(O)OC[C@@H](O)COP(=O)(O)OC[C@@H](COC(=O)CCCCCCCCCCC)OC(=O)CCCCCCCCC(C)C. The minimum absolute atomic E-state index is 0.102. The zero-order valence-corrected chi connectivity index (χ0v) is 52.3. The highest BCUT2D eigenvalue weighted by Gasteiger charge is 2.30. The molecule has 3 N–H and O–H groups in total. The zero-order valence-electron chi connectivity index (χ0n) is 50.5. The number of ether oxygens (including phenoxy) is 4. The predicted octanol–water partition coefficient (Wildman–Crippen LogP) is 16.2. The minimum atomic E-state index is -4.94. The van der Waals surface area contributed by atoms with Crippen molar-refractivity contribution >= 4 is 39.5 Å². The number of hydrogen-bond donors (Lipinski definition) is 3. The molecule has 0 aromatic carbocycles. The summed E-state index contributed by atoms with van der Waals surface area (Å²) in [6, 6.07) is 0. The van der Waals surface area contributed by atoms with Gasteiger partial charge in [-0.3, -0.25) is 37.3 Å². The summed E-state index contributed by atoms with van der Waals surface area (Å²) in [5, 5.41) is 10.5. The quantitative estimate of drug-likeness (QED) is 0.0222. The van der Waals surface area contributed by atoms with Gasteiger partial charge in [0, 0.05) is 25.7 Å². The number of unbranched alkanes of at least 4 members (excludes halogenated alkanes) is 32. The van der Waals surface area contributed by atoms with Gasteiger partial charge in [0.1, 0.15) is 19.3 Å². The van der Waals surface area contributed by atoms with Crippen LogP contribution in [0.1, 0.15) is 298 Å². The lowest BCUT2D eigenvalue weighted by atomic mass is 10.0. The van der Waals surface area contributed by atoms with Crippen LogP contribution in [0.2, 0.25) is 0 Å². The summed E-state index contributed by atoms with van der Waals surface area (Å²) in [7, 11) is -9.87. The Hall–Kier alpha value is -1.94. The molecule has 0 bridgehead atoms. The van der Waals surface area contributed by atoms with Crippen LogP contribution < -0.4 is 0 Å². The van der Waals surface area contributed by atoms with Crippen LogP contribution in [0, 0.1) is 5.92 Å². The maximum absolute atomic E-state index is 12.9. The molecule has 17 nitrogen and oxygen atoms in total. The summed E-state index contributed by atoms with van der Waals surface area (Å²) in [5.74, 6) is -1.47. The summed E-state index contributed by atoms with van der Waals surface area (Å²) in [6.07, 6.45) is 36.3. The first-order valence-electron chi connectivity index (χ1n) is 31.6. The van der Waals surface area contributed by atoms with Crippen LogP contribution in [-0.2, 0) is 65.4 Å². The predicted molar refractivity (Wildman–Crippen MR) is 312 cm³/mol. The highest BCUT2D eigenvalue weighted by atomic mass is 31.2. The zero-order chi connectivity index (χ0) is 58.5. The maximum Gasteiger partial charge on any atom is 0.472 e. The Morgan fingerprint density at radius 2 is 0.582 bits per heavy atom. The fourth-order valence-corrected chi connectivity index (χ4v) is 10.5. The van der Waals surface area contributed by atoms with E-state index in [-0.39, 0.29) is 25.7 Å². The first kappa shape index (κ1) is 77.1. The van der Waals surface area contributed by atoms with Gasteiger partial charge >= 0.3 is 39.5 Å². The third-order valence-electron chi connectivity index (χ3n) is 13.8. The van der Waals surface area contributed by atoms with E-state index < -0.39 is 97.5 Å². The molecule has 0 saturated carbocycles. The molecule has 5 atom stereocenters. The Bertz CT molecular complexity index is 1550. The average molecular weight is 1170 g/mol. The molecule has 0 aromatic rings. The molecule has 0 saturated heterocycles. The topological polar surface area (TPSA) is 237 Å². The van der Waals surface area contributed by atoms with Gasteiger partial charge in [0.15, 0.2) is 12.2 Å². The van der Waals surface area contributed by atoms with Crippen LogP contribution >= 0.6 is 15.6 Å². The van der Waals surface area contributed by atoms with Crippen LogP contribution in [0.25, 0.3) is 0 Å². The first-order valence-corrected chi connectivity index (χ1v) is 34.6. The number of rotatable bonds is 60. The van der Waals surface area contributed by atoms with Gasteiger partial charge in [0.2, 0.25) is 0 Å². The summed E-state index contributed by atoms with van der Waals surface area (Å²) in [6.45, 7) is 7.04. The van der Waals surface area contributed by atoms with E-state index in [1.165, 1.54) is 122 Å². The Labute approximate surface area is 479 Å². The molecule has 0 amide bonds. The highest BCUT2D eigenvalue weighted by molar-refractivity contribution is 7.47. The van der Waals surface area contributed by atoms with Crippen molar-refractivity contribution in [3.63, 3.8) is 0 Å². The van der Waals surface area contributed by atoms with E-state index in [0.29, 0.717) is 31.6 Å². The Morgan fingerprint density at radius 3 is 0.861 bits per heavy atom. The Balaban J connectivity index is 5.22. The van der Waals surface area contributed by atoms with Gasteiger partial charge in [0.05, 0.1) is 26.4 Å². The van der Waals surface area contributed by atoms with Gasteiger partial charge in [-0.05, 0) is 31.6 Å². The molecule has 0 heterocycles. The molecular formula is C60H116O17P2. The van der Waals surface area contributed by atoms with E-state index in [1.807, 2.05) is 0 Å². The molecule has 0 aromatic heterocycles. The van der Waals surface area contributed by atoms with Crippen LogP contribution in [0.15, 0.2) is 0 Å². The number of aliphatic hydroxyl groups is 1. The van der Waals surface area contributed by atoms with E-state index in [4.69, 9.17) is 37.0 Å². The van der Waals surface area contributed by atoms with E-state index >= 15 is 0 Å². The first-order chi connectivity index (χ1) is 38.0. The van der Waals surface area contributed by atoms with Gasteiger partial charge in [-0.1, -0.05) is 247 Å². The third-order valence-corrected chi connectivity index (χ3v) is 15.7. The molecule has 2 unspecified atom stereocenters. The Kier molecular flexibility index (Phi) is 52.7. The van der Waals surface area contributed by atoms with Gasteiger partial charge in [0.25, 0.3) is 0 Å². The van der Waals surface area contributed by atoms with Crippen molar-refractivity contribution < 1.29 is 80.2 Å². The number of carbonyl (C=O) groups excluding carboxylic acids is 4. The van der Waals surface area contributed by atoms with Crippen molar-refractivity contribution in [3.05, 3.63) is 0 Å². The number of phosphoric ester groups is 2. The molecule has 0 radical (unpaired) electrons. The summed E-state index contributed by atoms with van der Waals surface area (Å²) in [4.78, 5) is 71.9. The fraction of sp³-hybridized carbons (Fsp3) is 0.933. The number of carbonyl (C=O) groups is 4. The molecule has 0 aliphatic rings. The van der Waals surface area contributed by atoms with Crippen LogP contribution in [-0.4, -0.2) is 96.7 Å². The van der Waals surface area contributed by atoms with Gasteiger partial charge in [-0.15, -0.1) is 0 Å². The summed E-state index contributed by atoms with van der Waals surface area (Å²) in [5.41, 5.74) is 0. The molecule has 19 heteroatoms. The normalized spacial score (nSPS) is 14.3. The molecule has 0 fully saturated rings. The smallest absolute Gasteiger partial charge is 0.462 e. The van der Waals surface area contributed by atoms with E-state index in [2.05, 4.69) is 34.6 Å². The van der Waals surface area contributed by atoms with Crippen LogP contribution in [0.3, 0.4) is 0 Å². The lowest BCUT2D eigenvalue weighted by Gasteiger charge is -2.21. The number of phosphoric acid groups is 2. The molecule has 0 aliphatic carbocycles. The second kappa shape index (κ2) is 54.0. The monoisotopic (exact) mass is 1170 g/mol. The minimum Gasteiger partial charge on any atom is -0.462 e.